The number of carbonyl (C=O) groups excluding carboxylic acids is 1. The number of non-ortho nitro benzene ring substituents is 1. The van der Waals surface area contributed by atoms with E-state index in [0.717, 1.165) is 27.4 Å². The summed E-state index contributed by atoms with van der Waals surface area (Å²) in [6.45, 7) is 0. The number of hydrogen-bond acceptors (Lipinski definition) is 5. The largest absolute Gasteiger partial charge is 0.354 e. The van der Waals surface area contributed by atoms with E-state index in [4.69, 9.17) is 0 Å². The number of anilines is 1. The Labute approximate surface area is 165 Å². The molecule has 1 aliphatic carbocycles. The Bertz CT molecular complexity index is 1170. The van der Waals surface area contributed by atoms with E-state index in [1.54, 1.807) is 23.9 Å². The number of carbonyl (C=O) groups is 1. The normalized spacial score (nSPS) is 17.3. The SMILES string of the molecule is O=C1C2=C(Nc3ccccc3S[C@@H]2c2ccc([N+](=O)[O-])cc2)c2ccccc21. The quantitative estimate of drug-likeness (QED) is 0.468. The molecule has 1 aliphatic heterocycles. The van der Waals surface area contributed by atoms with Crippen LogP contribution in [0.2, 0.25) is 0 Å². The first-order chi connectivity index (χ1) is 13.6. The Morgan fingerprint density at radius 3 is 2.32 bits per heavy atom. The third kappa shape index (κ3) is 2.53. The van der Waals surface area contributed by atoms with Gasteiger partial charge in [0.2, 0.25) is 0 Å². The number of rotatable bonds is 2. The molecular formula is C22H14N2O3S. The van der Waals surface area contributed by atoms with Crippen molar-refractivity contribution in [2.24, 2.45) is 0 Å². The van der Waals surface area contributed by atoms with Gasteiger partial charge >= 0.3 is 0 Å². The highest BCUT2D eigenvalue weighted by Gasteiger charge is 2.38. The summed E-state index contributed by atoms with van der Waals surface area (Å²) in [6, 6.07) is 22.0. The third-order valence-corrected chi connectivity index (χ3v) is 6.37. The van der Waals surface area contributed by atoms with Crippen molar-refractivity contribution in [1.29, 1.82) is 0 Å². The Morgan fingerprint density at radius 2 is 1.57 bits per heavy atom. The first-order valence-corrected chi connectivity index (χ1v) is 9.67. The summed E-state index contributed by atoms with van der Waals surface area (Å²) in [5, 5.41) is 14.2. The second-order valence-electron chi connectivity index (χ2n) is 6.63. The van der Waals surface area contributed by atoms with Crippen LogP contribution in [0.1, 0.15) is 26.7 Å². The number of nitro benzene ring substituents is 1. The van der Waals surface area contributed by atoms with Gasteiger partial charge in [0.15, 0.2) is 5.78 Å². The average Bonchev–Trinajstić information content (AvgIpc) is 2.89. The number of benzene rings is 3. The molecule has 0 radical (unpaired) electrons. The van der Waals surface area contributed by atoms with Gasteiger partial charge in [0.1, 0.15) is 0 Å². The van der Waals surface area contributed by atoms with Crippen LogP contribution in [0.5, 0.6) is 0 Å². The zero-order valence-corrected chi connectivity index (χ0v) is 15.4. The maximum Gasteiger partial charge on any atom is 0.269 e. The van der Waals surface area contributed by atoms with Crippen molar-refractivity contribution in [3.8, 4) is 0 Å². The summed E-state index contributed by atoms with van der Waals surface area (Å²) in [4.78, 5) is 24.9. The van der Waals surface area contributed by atoms with Crippen LogP contribution in [0, 0.1) is 10.1 Å². The molecule has 5 rings (SSSR count). The zero-order chi connectivity index (χ0) is 19.3. The standard InChI is InChI=1S/C22H14N2O3S/c25-21-16-6-2-1-5-15(16)20-19(21)22(13-9-11-14(12-10-13)24(26)27)28-18-8-4-3-7-17(18)23-20/h1-12,22-23H/t22-/m1/s1. The number of para-hydroxylation sites is 1. The minimum absolute atomic E-state index is 0.00163. The van der Waals surface area contributed by atoms with Crippen LogP contribution in [0.25, 0.3) is 5.70 Å². The maximum absolute atomic E-state index is 13.3. The van der Waals surface area contributed by atoms with E-state index in [2.05, 4.69) is 5.32 Å². The fourth-order valence-corrected chi connectivity index (χ4v) is 4.98. The van der Waals surface area contributed by atoms with E-state index in [0.29, 0.717) is 11.1 Å². The number of hydrogen-bond donors (Lipinski definition) is 1. The first kappa shape index (κ1) is 16.8. The summed E-state index contributed by atoms with van der Waals surface area (Å²) in [5.74, 6) is 0.00163. The minimum atomic E-state index is -0.415. The van der Waals surface area contributed by atoms with E-state index in [9.17, 15) is 14.9 Å². The lowest BCUT2D eigenvalue weighted by molar-refractivity contribution is -0.384. The predicted octanol–water partition coefficient (Wildman–Crippen LogP) is 5.46. The number of thioether (sulfide) groups is 1. The van der Waals surface area contributed by atoms with Crippen molar-refractivity contribution in [3.05, 3.63) is 105 Å². The molecule has 28 heavy (non-hydrogen) atoms. The highest BCUT2D eigenvalue weighted by molar-refractivity contribution is 8.00. The molecule has 2 aliphatic rings. The summed E-state index contributed by atoms with van der Waals surface area (Å²) < 4.78 is 0. The minimum Gasteiger partial charge on any atom is -0.354 e. The number of ketones is 1. The molecule has 6 heteroatoms. The fraction of sp³-hybridized carbons (Fsp3) is 0.0455. The summed E-state index contributed by atoms with van der Waals surface area (Å²) in [6.07, 6.45) is 0. The Morgan fingerprint density at radius 1 is 0.893 bits per heavy atom. The van der Waals surface area contributed by atoms with Crippen LogP contribution in [0.4, 0.5) is 11.4 Å². The van der Waals surface area contributed by atoms with Crippen LogP contribution in [0.3, 0.4) is 0 Å². The molecule has 1 atom stereocenters. The lowest BCUT2D eigenvalue weighted by atomic mass is 10.0. The summed E-state index contributed by atoms with van der Waals surface area (Å²) in [5.41, 5.74) is 4.95. The van der Waals surface area contributed by atoms with E-state index in [1.165, 1.54) is 12.1 Å². The summed E-state index contributed by atoms with van der Waals surface area (Å²) >= 11 is 1.58. The molecule has 0 spiro atoms. The van der Waals surface area contributed by atoms with Crippen molar-refractivity contribution >= 4 is 34.6 Å². The van der Waals surface area contributed by atoms with Crippen molar-refractivity contribution in [3.63, 3.8) is 0 Å². The number of fused-ring (bicyclic) bond motifs is 3. The molecule has 0 aromatic heterocycles. The lowest BCUT2D eigenvalue weighted by Crippen LogP contribution is -2.07. The number of nitrogens with one attached hydrogen (secondary N) is 1. The Hall–Kier alpha value is -3.38. The van der Waals surface area contributed by atoms with Crippen LogP contribution >= 0.6 is 11.8 Å². The van der Waals surface area contributed by atoms with Crippen molar-refractivity contribution in [2.45, 2.75) is 10.1 Å². The van der Waals surface area contributed by atoms with Crippen LogP contribution in [0.15, 0.2) is 83.3 Å². The second-order valence-corrected chi connectivity index (χ2v) is 7.78. The first-order valence-electron chi connectivity index (χ1n) is 8.79. The van der Waals surface area contributed by atoms with E-state index in [1.807, 2.05) is 48.5 Å². The van der Waals surface area contributed by atoms with Gasteiger partial charge in [0.25, 0.3) is 5.69 Å². The van der Waals surface area contributed by atoms with Gasteiger partial charge in [-0.05, 0) is 17.7 Å². The third-order valence-electron chi connectivity index (χ3n) is 5.02. The van der Waals surface area contributed by atoms with Crippen molar-refractivity contribution in [1.82, 2.24) is 0 Å². The van der Waals surface area contributed by atoms with E-state index in [-0.39, 0.29) is 16.7 Å². The molecule has 0 amide bonds. The monoisotopic (exact) mass is 386 g/mol. The number of nitrogens with zero attached hydrogens (tertiary/aromatic N) is 1. The molecule has 0 fully saturated rings. The molecule has 136 valence electrons. The number of Topliss-reactive ketones (excluding diaryl/α,β-unsaturated/α-hetero) is 1. The highest BCUT2D eigenvalue weighted by Crippen LogP contribution is 2.52. The molecule has 3 aromatic carbocycles. The summed E-state index contributed by atoms with van der Waals surface area (Å²) in [7, 11) is 0. The maximum atomic E-state index is 13.3. The van der Waals surface area contributed by atoms with Crippen LogP contribution in [-0.4, -0.2) is 10.7 Å². The highest BCUT2D eigenvalue weighted by atomic mass is 32.2. The van der Waals surface area contributed by atoms with Gasteiger partial charge in [-0.15, -0.1) is 11.8 Å². The van der Waals surface area contributed by atoms with Crippen molar-refractivity contribution in [2.75, 3.05) is 5.32 Å². The predicted molar refractivity (Wildman–Crippen MR) is 109 cm³/mol. The van der Waals surface area contributed by atoms with Gasteiger partial charge < -0.3 is 5.32 Å². The Balaban J connectivity index is 1.70. The molecule has 0 unspecified atom stereocenters. The zero-order valence-electron chi connectivity index (χ0n) is 14.6. The molecule has 1 heterocycles. The smallest absolute Gasteiger partial charge is 0.269 e. The molecule has 5 nitrogen and oxygen atoms in total. The average molecular weight is 386 g/mol. The van der Waals surface area contributed by atoms with Gasteiger partial charge in [0, 0.05) is 33.7 Å². The lowest BCUT2D eigenvalue weighted by Gasteiger charge is -2.17. The van der Waals surface area contributed by atoms with Gasteiger partial charge in [-0.1, -0.05) is 48.5 Å². The molecule has 0 saturated carbocycles. The van der Waals surface area contributed by atoms with Crippen LogP contribution < -0.4 is 5.32 Å². The molecule has 3 aromatic rings. The topological polar surface area (TPSA) is 72.2 Å². The molecule has 0 bridgehead atoms. The van der Waals surface area contributed by atoms with Crippen molar-refractivity contribution < 1.29 is 9.72 Å². The van der Waals surface area contributed by atoms with Gasteiger partial charge in [-0.2, -0.15) is 0 Å². The van der Waals surface area contributed by atoms with Gasteiger partial charge in [-0.25, -0.2) is 0 Å². The molecule has 0 saturated heterocycles. The molecular weight excluding hydrogens is 372 g/mol. The number of nitro groups is 1. The van der Waals surface area contributed by atoms with E-state index >= 15 is 0 Å². The fourth-order valence-electron chi connectivity index (χ4n) is 3.69. The Kier molecular flexibility index (Phi) is 3.80. The second kappa shape index (κ2) is 6.35. The molecule has 1 N–H and O–H groups in total. The van der Waals surface area contributed by atoms with Crippen LogP contribution in [-0.2, 0) is 0 Å². The van der Waals surface area contributed by atoms with Gasteiger partial charge in [0.05, 0.1) is 21.6 Å². The van der Waals surface area contributed by atoms with E-state index < -0.39 is 4.92 Å². The van der Waals surface area contributed by atoms with Gasteiger partial charge in [-0.3, -0.25) is 14.9 Å².